The average Bonchev–Trinajstić information content (AvgIpc) is 2.43. The quantitative estimate of drug-likeness (QED) is 0.904. The standard InChI is InChI=1S/C14H22N2OS2/c1-10-6-16-13(11(2)14(10)17-3)8-15-7-12-9-18-4-5-19-12/h6,12,15H,4-5,7-9H2,1-3H3. The van der Waals surface area contributed by atoms with Gasteiger partial charge in [0.2, 0.25) is 0 Å². The summed E-state index contributed by atoms with van der Waals surface area (Å²) in [4.78, 5) is 4.51. The zero-order valence-corrected chi connectivity index (χ0v) is 13.5. The smallest absolute Gasteiger partial charge is 0.128 e. The molecule has 0 saturated carbocycles. The molecule has 1 aromatic heterocycles. The van der Waals surface area contributed by atoms with Crippen LogP contribution >= 0.6 is 23.5 Å². The largest absolute Gasteiger partial charge is 0.496 e. The van der Waals surface area contributed by atoms with E-state index in [0.29, 0.717) is 0 Å². The van der Waals surface area contributed by atoms with Crippen LogP contribution in [0.2, 0.25) is 0 Å². The first-order valence-electron chi connectivity index (χ1n) is 6.61. The molecule has 2 rings (SSSR count). The second kappa shape index (κ2) is 7.41. The Hall–Kier alpha value is -0.390. The van der Waals surface area contributed by atoms with E-state index in [9.17, 15) is 0 Å². The zero-order chi connectivity index (χ0) is 13.7. The van der Waals surface area contributed by atoms with Crippen molar-refractivity contribution < 1.29 is 4.74 Å². The molecule has 1 unspecified atom stereocenters. The van der Waals surface area contributed by atoms with E-state index in [1.807, 2.05) is 13.1 Å². The lowest BCUT2D eigenvalue weighted by Crippen LogP contribution is -2.29. The van der Waals surface area contributed by atoms with Crippen molar-refractivity contribution in [3.05, 3.63) is 23.0 Å². The molecule has 0 aromatic carbocycles. The molecule has 1 fully saturated rings. The van der Waals surface area contributed by atoms with Crippen molar-refractivity contribution >= 4 is 23.5 Å². The van der Waals surface area contributed by atoms with Gasteiger partial charge in [-0.05, 0) is 13.8 Å². The highest BCUT2D eigenvalue weighted by molar-refractivity contribution is 8.06. The van der Waals surface area contributed by atoms with Crippen LogP contribution in [-0.2, 0) is 6.54 Å². The maximum absolute atomic E-state index is 5.44. The molecule has 3 nitrogen and oxygen atoms in total. The molecule has 1 saturated heterocycles. The topological polar surface area (TPSA) is 34.1 Å². The molecule has 1 aliphatic heterocycles. The van der Waals surface area contributed by atoms with E-state index in [4.69, 9.17) is 4.74 Å². The van der Waals surface area contributed by atoms with Crippen LogP contribution in [-0.4, -0.2) is 41.1 Å². The van der Waals surface area contributed by atoms with E-state index in [-0.39, 0.29) is 0 Å². The molecule has 5 heteroatoms. The normalized spacial score (nSPS) is 19.4. The highest BCUT2D eigenvalue weighted by Gasteiger charge is 2.14. The van der Waals surface area contributed by atoms with Gasteiger partial charge in [-0.1, -0.05) is 0 Å². The van der Waals surface area contributed by atoms with Crippen molar-refractivity contribution in [3.8, 4) is 5.75 Å². The lowest BCUT2D eigenvalue weighted by atomic mass is 10.1. The Morgan fingerprint density at radius 1 is 1.42 bits per heavy atom. The SMILES string of the molecule is COc1c(C)cnc(CNCC2CSCCS2)c1C. The molecular formula is C14H22N2OS2. The van der Waals surface area contributed by atoms with Crippen LogP contribution in [0.3, 0.4) is 0 Å². The first-order chi connectivity index (χ1) is 9.22. The van der Waals surface area contributed by atoms with Gasteiger partial charge in [-0.3, -0.25) is 4.98 Å². The van der Waals surface area contributed by atoms with E-state index in [0.717, 1.165) is 40.9 Å². The molecular weight excluding hydrogens is 276 g/mol. The van der Waals surface area contributed by atoms with Crippen molar-refractivity contribution in [1.82, 2.24) is 10.3 Å². The summed E-state index contributed by atoms with van der Waals surface area (Å²) in [6.45, 7) is 6.01. The van der Waals surface area contributed by atoms with Gasteiger partial charge in [-0.2, -0.15) is 23.5 Å². The van der Waals surface area contributed by atoms with Gasteiger partial charge < -0.3 is 10.1 Å². The summed E-state index contributed by atoms with van der Waals surface area (Å²) in [6.07, 6.45) is 1.90. The fourth-order valence-corrected chi connectivity index (χ4v) is 4.90. The third-order valence-electron chi connectivity index (χ3n) is 3.30. The number of methoxy groups -OCH3 is 1. The predicted molar refractivity (Wildman–Crippen MR) is 85.5 cm³/mol. The monoisotopic (exact) mass is 298 g/mol. The number of hydrogen-bond donors (Lipinski definition) is 1. The third kappa shape index (κ3) is 4.04. The number of ether oxygens (including phenoxy) is 1. The summed E-state index contributed by atoms with van der Waals surface area (Å²) < 4.78 is 5.44. The van der Waals surface area contributed by atoms with Crippen molar-refractivity contribution in [2.45, 2.75) is 25.6 Å². The number of hydrogen-bond acceptors (Lipinski definition) is 5. The molecule has 1 N–H and O–H groups in total. The lowest BCUT2D eigenvalue weighted by molar-refractivity contribution is 0.406. The molecule has 106 valence electrons. The van der Waals surface area contributed by atoms with E-state index >= 15 is 0 Å². The Labute approximate surface area is 124 Å². The summed E-state index contributed by atoms with van der Waals surface area (Å²) in [5.74, 6) is 4.82. The van der Waals surface area contributed by atoms with E-state index in [1.165, 1.54) is 17.3 Å². The van der Waals surface area contributed by atoms with Crippen LogP contribution in [0, 0.1) is 13.8 Å². The molecule has 0 amide bonds. The highest BCUT2D eigenvalue weighted by Crippen LogP contribution is 2.25. The van der Waals surface area contributed by atoms with Crippen molar-refractivity contribution in [3.63, 3.8) is 0 Å². The van der Waals surface area contributed by atoms with Crippen molar-refractivity contribution in [2.24, 2.45) is 0 Å². The molecule has 19 heavy (non-hydrogen) atoms. The Morgan fingerprint density at radius 3 is 2.95 bits per heavy atom. The van der Waals surface area contributed by atoms with Gasteiger partial charge in [0.05, 0.1) is 12.8 Å². The molecule has 1 atom stereocenters. The van der Waals surface area contributed by atoms with Crippen LogP contribution in [0.25, 0.3) is 0 Å². The first kappa shape index (κ1) is 15.0. The van der Waals surface area contributed by atoms with Crippen LogP contribution in [0.5, 0.6) is 5.75 Å². The van der Waals surface area contributed by atoms with Gasteiger partial charge in [0.1, 0.15) is 5.75 Å². The van der Waals surface area contributed by atoms with Crippen LogP contribution in [0.4, 0.5) is 0 Å². The predicted octanol–water partition coefficient (Wildman–Crippen LogP) is 2.65. The maximum Gasteiger partial charge on any atom is 0.128 e. The molecule has 0 radical (unpaired) electrons. The van der Waals surface area contributed by atoms with Crippen LogP contribution in [0.1, 0.15) is 16.8 Å². The van der Waals surface area contributed by atoms with E-state index in [1.54, 1.807) is 7.11 Å². The number of rotatable bonds is 5. The molecule has 0 bridgehead atoms. The summed E-state index contributed by atoms with van der Waals surface area (Å²) in [5, 5.41) is 4.27. The van der Waals surface area contributed by atoms with Gasteiger partial charge >= 0.3 is 0 Å². The number of aryl methyl sites for hydroxylation is 1. The number of aromatic nitrogens is 1. The Kier molecular flexibility index (Phi) is 5.85. The maximum atomic E-state index is 5.44. The highest BCUT2D eigenvalue weighted by atomic mass is 32.2. The van der Waals surface area contributed by atoms with Gasteiger partial charge in [0.15, 0.2) is 0 Å². The minimum Gasteiger partial charge on any atom is -0.496 e. The van der Waals surface area contributed by atoms with E-state index < -0.39 is 0 Å². The zero-order valence-electron chi connectivity index (χ0n) is 11.9. The molecule has 1 aromatic rings. The van der Waals surface area contributed by atoms with E-state index in [2.05, 4.69) is 40.7 Å². The number of nitrogens with zero attached hydrogens (tertiary/aromatic N) is 1. The van der Waals surface area contributed by atoms with Gasteiger partial charge in [-0.25, -0.2) is 0 Å². The van der Waals surface area contributed by atoms with Crippen LogP contribution in [0.15, 0.2) is 6.20 Å². The summed E-state index contributed by atoms with van der Waals surface area (Å²) in [6, 6.07) is 0. The molecule has 1 aliphatic rings. The van der Waals surface area contributed by atoms with Crippen molar-refractivity contribution in [2.75, 3.05) is 30.9 Å². The van der Waals surface area contributed by atoms with Crippen LogP contribution < -0.4 is 10.1 Å². The fourth-order valence-electron chi connectivity index (χ4n) is 2.26. The van der Waals surface area contributed by atoms with Gasteiger partial charge in [0, 0.05) is 52.9 Å². The lowest BCUT2D eigenvalue weighted by Gasteiger charge is -2.21. The molecule has 2 heterocycles. The Bertz CT molecular complexity index is 420. The molecule has 0 spiro atoms. The second-order valence-electron chi connectivity index (χ2n) is 4.74. The summed E-state index contributed by atoms with van der Waals surface area (Å²) in [7, 11) is 1.72. The fraction of sp³-hybridized carbons (Fsp3) is 0.643. The number of thioether (sulfide) groups is 2. The third-order valence-corrected chi connectivity index (χ3v) is 6.14. The second-order valence-corrected chi connectivity index (χ2v) is 7.30. The average molecular weight is 298 g/mol. The summed E-state index contributed by atoms with van der Waals surface area (Å²) >= 11 is 4.15. The molecule has 0 aliphatic carbocycles. The minimum atomic E-state index is 0.742. The first-order valence-corrected chi connectivity index (χ1v) is 8.82. The summed E-state index contributed by atoms with van der Waals surface area (Å²) in [5.41, 5.74) is 3.35. The Balaban J connectivity index is 1.88. The minimum absolute atomic E-state index is 0.742. The number of pyridine rings is 1. The van der Waals surface area contributed by atoms with Crippen molar-refractivity contribution in [1.29, 1.82) is 0 Å². The number of nitrogens with one attached hydrogen (secondary N) is 1. The van der Waals surface area contributed by atoms with Gasteiger partial charge in [-0.15, -0.1) is 0 Å². The van der Waals surface area contributed by atoms with Gasteiger partial charge in [0.25, 0.3) is 0 Å². The Morgan fingerprint density at radius 2 is 2.26 bits per heavy atom.